The lowest BCUT2D eigenvalue weighted by Crippen LogP contribution is -2.47. The molecule has 2 aromatic carbocycles. The van der Waals surface area contributed by atoms with Crippen molar-refractivity contribution in [2.75, 3.05) is 19.0 Å². The van der Waals surface area contributed by atoms with Gasteiger partial charge in [-0.2, -0.15) is 0 Å². The van der Waals surface area contributed by atoms with Gasteiger partial charge in [0.05, 0.1) is 20.1 Å². The molecule has 0 aliphatic carbocycles. The van der Waals surface area contributed by atoms with Gasteiger partial charge in [0.2, 0.25) is 11.8 Å². The van der Waals surface area contributed by atoms with Crippen molar-refractivity contribution < 1.29 is 19.1 Å². The second kappa shape index (κ2) is 10.3. The molecule has 150 valence electrons. The van der Waals surface area contributed by atoms with Crippen LogP contribution in [0.15, 0.2) is 48.5 Å². The van der Waals surface area contributed by atoms with Crippen LogP contribution < -0.4 is 20.1 Å². The molecule has 2 rings (SSSR count). The fourth-order valence-corrected chi connectivity index (χ4v) is 2.78. The first kappa shape index (κ1) is 21.3. The number of benzene rings is 2. The molecule has 0 saturated heterocycles. The third-order valence-corrected chi connectivity index (χ3v) is 4.20. The molecule has 0 saturated carbocycles. The van der Waals surface area contributed by atoms with E-state index < -0.39 is 6.04 Å². The number of rotatable bonds is 9. The Morgan fingerprint density at radius 2 is 1.75 bits per heavy atom. The van der Waals surface area contributed by atoms with E-state index in [1.165, 1.54) is 0 Å². The van der Waals surface area contributed by atoms with Gasteiger partial charge in [0.1, 0.15) is 6.04 Å². The summed E-state index contributed by atoms with van der Waals surface area (Å²) < 4.78 is 10.8. The summed E-state index contributed by atoms with van der Waals surface area (Å²) in [7, 11) is 1.55. The minimum Gasteiger partial charge on any atom is -0.493 e. The van der Waals surface area contributed by atoms with E-state index in [0.29, 0.717) is 23.8 Å². The van der Waals surface area contributed by atoms with Crippen molar-refractivity contribution in [3.8, 4) is 11.5 Å². The van der Waals surface area contributed by atoms with Crippen molar-refractivity contribution >= 4 is 17.5 Å². The molecule has 0 radical (unpaired) electrons. The quantitative estimate of drug-likeness (QED) is 0.695. The average Bonchev–Trinajstić information content (AvgIpc) is 2.68. The van der Waals surface area contributed by atoms with E-state index >= 15 is 0 Å². The van der Waals surface area contributed by atoms with Crippen LogP contribution >= 0.6 is 0 Å². The van der Waals surface area contributed by atoms with E-state index in [9.17, 15) is 9.59 Å². The Kier molecular flexibility index (Phi) is 7.87. The minimum atomic E-state index is -0.645. The number of nitrogens with one attached hydrogen (secondary N) is 2. The Hall–Kier alpha value is -3.02. The predicted octanol–water partition coefficient (Wildman–Crippen LogP) is 3.42. The molecule has 2 aromatic rings. The Balaban J connectivity index is 2.05. The van der Waals surface area contributed by atoms with Crippen LogP contribution in [-0.2, 0) is 16.0 Å². The van der Waals surface area contributed by atoms with Crippen LogP contribution in [0.3, 0.4) is 0 Å². The van der Waals surface area contributed by atoms with Crippen molar-refractivity contribution in [3.05, 3.63) is 54.1 Å². The zero-order chi connectivity index (χ0) is 20.5. The van der Waals surface area contributed by atoms with E-state index in [1.54, 1.807) is 25.3 Å². The lowest BCUT2D eigenvalue weighted by molar-refractivity contribution is -0.127. The molecule has 0 fully saturated rings. The molecular weight excluding hydrogens is 356 g/mol. The summed E-state index contributed by atoms with van der Waals surface area (Å²) in [5, 5.41) is 5.69. The summed E-state index contributed by atoms with van der Waals surface area (Å²) in [6.07, 6.45) is 0.230. The van der Waals surface area contributed by atoms with Gasteiger partial charge in [-0.1, -0.05) is 44.2 Å². The molecule has 0 aliphatic heterocycles. The van der Waals surface area contributed by atoms with Crippen molar-refractivity contribution in [1.29, 1.82) is 0 Å². The van der Waals surface area contributed by atoms with Crippen LogP contribution in [0.2, 0.25) is 0 Å². The predicted molar refractivity (Wildman–Crippen MR) is 110 cm³/mol. The maximum absolute atomic E-state index is 12.8. The third-order valence-electron chi connectivity index (χ3n) is 4.20. The number of carbonyl (C=O) groups excluding carboxylic acids is 2. The first-order chi connectivity index (χ1) is 13.4. The molecule has 2 amide bonds. The Bertz CT molecular complexity index is 790. The molecule has 6 heteroatoms. The normalized spacial score (nSPS) is 11.6. The smallest absolute Gasteiger partial charge is 0.247 e. The number of amides is 2. The monoisotopic (exact) mass is 384 g/mol. The van der Waals surface area contributed by atoms with Crippen LogP contribution in [0, 0.1) is 5.92 Å². The van der Waals surface area contributed by atoms with Crippen LogP contribution in [0.25, 0.3) is 0 Å². The fourth-order valence-electron chi connectivity index (χ4n) is 2.78. The van der Waals surface area contributed by atoms with Gasteiger partial charge in [-0.05, 0) is 30.5 Å². The first-order valence-corrected chi connectivity index (χ1v) is 9.39. The number of methoxy groups -OCH3 is 1. The van der Waals surface area contributed by atoms with Crippen LogP contribution in [-0.4, -0.2) is 31.6 Å². The molecule has 0 aliphatic rings. The van der Waals surface area contributed by atoms with Crippen LogP contribution in [0.1, 0.15) is 26.3 Å². The van der Waals surface area contributed by atoms with Gasteiger partial charge in [-0.25, -0.2) is 0 Å². The average molecular weight is 384 g/mol. The first-order valence-electron chi connectivity index (χ1n) is 9.39. The van der Waals surface area contributed by atoms with E-state index in [0.717, 1.165) is 5.56 Å². The highest BCUT2D eigenvalue weighted by molar-refractivity contribution is 5.97. The van der Waals surface area contributed by atoms with Gasteiger partial charge in [-0.15, -0.1) is 0 Å². The summed E-state index contributed by atoms with van der Waals surface area (Å²) in [4.78, 5) is 25.1. The molecule has 0 bridgehead atoms. The summed E-state index contributed by atoms with van der Waals surface area (Å²) in [5.41, 5.74) is 1.48. The summed E-state index contributed by atoms with van der Waals surface area (Å²) in [6.45, 7) is 6.20. The third kappa shape index (κ3) is 6.01. The summed E-state index contributed by atoms with van der Waals surface area (Å²) in [5.74, 6) is 0.615. The minimum absolute atomic E-state index is 0.0654. The van der Waals surface area contributed by atoms with Gasteiger partial charge >= 0.3 is 0 Å². The van der Waals surface area contributed by atoms with Gasteiger partial charge in [0.25, 0.3) is 0 Å². The molecule has 6 nitrogen and oxygen atoms in total. The highest BCUT2D eigenvalue weighted by Gasteiger charge is 2.24. The van der Waals surface area contributed by atoms with Crippen molar-refractivity contribution in [1.82, 2.24) is 5.32 Å². The number of anilines is 1. The molecular formula is C22H28N2O4. The van der Waals surface area contributed by atoms with Gasteiger partial charge < -0.3 is 20.1 Å². The van der Waals surface area contributed by atoms with Crippen molar-refractivity contribution in [3.63, 3.8) is 0 Å². The van der Waals surface area contributed by atoms with E-state index in [1.807, 2.05) is 51.1 Å². The Morgan fingerprint density at radius 3 is 2.36 bits per heavy atom. The number of hydrogen-bond acceptors (Lipinski definition) is 4. The zero-order valence-electron chi connectivity index (χ0n) is 16.8. The zero-order valence-corrected chi connectivity index (χ0v) is 16.8. The number of hydrogen-bond donors (Lipinski definition) is 2. The molecule has 1 atom stereocenters. The van der Waals surface area contributed by atoms with E-state index in [4.69, 9.17) is 9.47 Å². The van der Waals surface area contributed by atoms with Gasteiger partial charge in [0.15, 0.2) is 11.5 Å². The molecule has 28 heavy (non-hydrogen) atoms. The topological polar surface area (TPSA) is 76.7 Å². The number of ether oxygens (including phenoxy) is 2. The van der Waals surface area contributed by atoms with Gasteiger partial charge in [-0.3, -0.25) is 9.59 Å². The maximum Gasteiger partial charge on any atom is 0.247 e. The van der Waals surface area contributed by atoms with E-state index in [-0.39, 0.29) is 24.2 Å². The van der Waals surface area contributed by atoms with E-state index in [2.05, 4.69) is 10.6 Å². The Morgan fingerprint density at radius 1 is 1.04 bits per heavy atom. The number of carbonyl (C=O) groups is 2. The second-order valence-electron chi connectivity index (χ2n) is 6.74. The summed E-state index contributed by atoms with van der Waals surface area (Å²) in [6, 6.07) is 14.0. The second-order valence-corrected chi connectivity index (χ2v) is 6.74. The Labute approximate surface area is 166 Å². The molecule has 0 unspecified atom stereocenters. The largest absolute Gasteiger partial charge is 0.493 e. The summed E-state index contributed by atoms with van der Waals surface area (Å²) >= 11 is 0. The molecule has 2 N–H and O–H groups in total. The lowest BCUT2D eigenvalue weighted by Gasteiger charge is -2.22. The SMILES string of the molecule is CCOc1ccc(NC(=O)[C@@H](NC(=O)Cc2ccccc2)C(C)C)cc1OC. The van der Waals surface area contributed by atoms with Crippen molar-refractivity contribution in [2.45, 2.75) is 33.2 Å². The van der Waals surface area contributed by atoms with Gasteiger partial charge in [0, 0.05) is 11.8 Å². The standard InChI is InChI=1S/C22H28N2O4/c1-5-28-18-12-11-17(14-19(18)27-4)23-22(26)21(15(2)3)24-20(25)13-16-9-7-6-8-10-16/h6-12,14-15,21H,5,13H2,1-4H3,(H,23,26)(H,24,25)/t21-/m0/s1. The molecule has 0 aromatic heterocycles. The highest BCUT2D eigenvalue weighted by Crippen LogP contribution is 2.30. The lowest BCUT2D eigenvalue weighted by atomic mass is 10.0. The fraction of sp³-hybridized carbons (Fsp3) is 0.364. The molecule has 0 heterocycles. The van der Waals surface area contributed by atoms with Crippen LogP contribution in [0.4, 0.5) is 5.69 Å². The molecule has 0 spiro atoms. The highest BCUT2D eigenvalue weighted by atomic mass is 16.5. The maximum atomic E-state index is 12.8. The van der Waals surface area contributed by atoms with Crippen molar-refractivity contribution in [2.24, 2.45) is 5.92 Å². The van der Waals surface area contributed by atoms with Crippen LogP contribution in [0.5, 0.6) is 11.5 Å².